The number of para-hydroxylation sites is 1. The standard InChI is InChI=1S/C21H25NO4/c1-4-5-10-26-18-9-7-6-8-14(18)15-12-21(23)22-17-13-20(25-3)19(24-2)11-16(15)17/h6-9,11,13,15H,4-5,10,12H2,1-3H3,(H,22,23)/t15-/m0/s1. The molecule has 5 heteroatoms. The Kier molecular flexibility index (Phi) is 5.66. The van der Waals surface area contributed by atoms with Crippen molar-refractivity contribution in [2.24, 2.45) is 0 Å². The van der Waals surface area contributed by atoms with Crippen LogP contribution in [0.3, 0.4) is 0 Å². The van der Waals surface area contributed by atoms with Gasteiger partial charge in [-0.15, -0.1) is 0 Å². The molecule has 2 aromatic rings. The van der Waals surface area contributed by atoms with Crippen LogP contribution in [0.2, 0.25) is 0 Å². The quantitative estimate of drug-likeness (QED) is 0.750. The summed E-state index contributed by atoms with van der Waals surface area (Å²) in [5, 5.41) is 2.94. The molecule has 1 amide bonds. The van der Waals surface area contributed by atoms with Crippen molar-refractivity contribution >= 4 is 11.6 Å². The summed E-state index contributed by atoms with van der Waals surface area (Å²) in [4.78, 5) is 12.3. The van der Waals surface area contributed by atoms with E-state index in [9.17, 15) is 4.79 Å². The minimum Gasteiger partial charge on any atom is -0.493 e. The van der Waals surface area contributed by atoms with Gasteiger partial charge in [0.05, 0.1) is 20.8 Å². The van der Waals surface area contributed by atoms with Crippen LogP contribution in [0.25, 0.3) is 0 Å². The van der Waals surface area contributed by atoms with Crippen LogP contribution in [-0.4, -0.2) is 26.7 Å². The maximum Gasteiger partial charge on any atom is 0.225 e. The molecule has 26 heavy (non-hydrogen) atoms. The zero-order valence-electron chi connectivity index (χ0n) is 15.5. The Morgan fingerprint density at radius 2 is 1.77 bits per heavy atom. The lowest BCUT2D eigenvalue weighted by Gasteiger charge is -2.28. The van der Waals surface area contributed by atoms with Crippen molar-refractivity contribution in [1.29, 1.82) is 0 Å². The first-order chi connectivity index (χ1) is 12.7. The minimum absolute atomic E-state index is 0.0157. The lowest BCUT2D eigenvalue weighted by atomic mass is 9.84. The second kappa shape index (κ2) is 8.13. The van der Waals surface area contributed by atoms with Crippen LogP contribution >= 0.6 is 0 Å². The molecule has 2 aromatic carbocycles. The van der Waals surface area contributed by atoms with Crippen LogP contribution in [0.15, 0.2) is 36.4 Å². The number of benzene rings is 2. The molecular formula is C21H25NO4. The van der Waals surface area contributed by atoms with E-state index in [1.54, 1.807) is 14.2 Å². The highest BCUT2D eigenvalue weighted by Crippen LogP contribution is 2.45. The Bertz CT molecular complexity index is 788. The maximum atomic E-state index is 12.3. The fraction of sp³-hybridized carbons (Fsp3) is 0.381. The second-order valence-corrected chi connectivity index (χ2v) is 6.34. The Labute approximate surface area is 154 Å². The molecule has 1 atom stereocenters. The molecule has 0 aliphatic carbocycles. The van der Waals surface area contributed by atoms with Gasteiger partial charge in [0.2, 0.25) is 5.91 Å². The largest absolute Gasteiger partial charge is 0.493 e. The van der Waals surface area contributed by atoms with Crippen LogP contribution < -0.4 is 19.5 Å². The lowest BCUT2D eigenvalue weighted by Crippen LogP contribution is -2.24. The van der Waals surface area contributed by atoms with Crippen molar-refractivity contribution in [3.8, 4) is 17.2 Å². The number of anilines is 1. The van der Waals surface area contributed by atoms with E-state index < -0.39 is 0 Å². The number of methoxy groups -OCH3 is 2. The second-order valence-electron chi connectivity index (χ2n) is 6.34. The zero-order chi connectivity index (χ0) is 18.5. The van der Waals surface area contributed by atoms with E-state index in [1.165, 1.54) is 0 Å². The molecule has 1 heterocycles. The molecule has 0 saturated heterocycles. The van der Waals surface area contributed by atoms with Gasteiger partial charge in [-0.3, -0.25) is 4.79 Å². The molecule has 0 saturated carbocycles. The maximum absolute atomic E-state index is 12.3. The summed E-state index contributed by atoms with van der Waals surface area (Å²) in [5.74, 6) is 1.98. The molecule has 0 unspecified atom stereocenters. The van der Waals surface area contributed by atoms with Crippen molar-refractivity contribution in [2.75, 3.05) is 26.1 Å². The molecule has 0 fully saturated rings. The number of ether oxygens (including phenoxy) is 3. The van der Waals surface area contributed by atoms with Crippen LogP contribution in [0.1, 0.15) is 43.2 Å². The van der Waals surface area contributed by atoms with Gasteiger partial charge in [-0.25, -0.2) is 0 Å². The molecule has 0 spiro atoms. The normalized spacial score (nSPS) is 15.8. The average Bonchev–Trinajstić information content (AvgIpc) is 2.67. The van der Waals surface area contributed by atoms with E-state index >= 15 is 0 Å². The van der Waals surface area contributed by atoms with Gasteiger partial charge in [0.15, 0.2) is 11.5 Å². The summed E-state index contributed by atoms with van der Waals surface area (Å²) in [7, 11) is 3.20. The summed E-state index contributed by atoms with van der Waals surface area (Å²) in [5.41, 5.74) is 2.79. The number of amides is 1. The van der Waals surface area contributed by atoms with E-state index in [0.29, 0.717) is 24.5 Å². The molecular weight excluding hydrogens is 330 g/mol. The average molecular weight is 355 g/mol. The van der Waals surface area contributed by atoms with Gasteiger partial charge < -0.3 is 19.5 Å². The molecule has 1 aliphatic rings. The van der Waals surface area contributed by atoms with E-state index in [4.69, 9.17) is 14.2 Å². The highest BCUT2D eigenvalue weighted by Gasteiger charge is 2.30. The molecule has 0 radical (unpaired) electrons. The van der Waals surface area contributed by atoms with Gasteiger partial charge in [0.1, 0.15) is 5.75 Å². The SMILES string of the molecule is CCCCOc1ccccc1[C@@H]1CC(=O)Nc2cc(OC)c(OC)cc21. The van der Waals surface area contributed by atoms with Crippen molar-refractivity contribution < 1.29 is 19.0 Å². The van der Waals surface area contributed by atoms with Crippen LogP contribution in [0.4, 0.5) is 5.69 Å². The Morgan fingerprint density at radius 3 is 2.50 bits per heavy atom. The summed E-state index contributed by atoms with van der Waals surface area (Å²) < 4.78 is 16.8. The summed E-state index contributed by atoms with van der Waals surface area (Å²) in [6, 6.07) is 11.7. The molecule has 5 nitrogen and oxygen atoms in total. The first-order valence-electron chi connectivity index (χ1n) is 8.95. The van der Waals surface area contributed by atoms with Crippen LogP contribution in [0.5, 0.6) is 17.2 Å². The Hall–Kier alpha value is -2.69. The third-order valence-corrected chi connectivity index (χ3v) is 4.64. The monoisotopic (exact) mass is 355 g/mol. The smallest absolute Gasteiger partial charge is 0.225 e. The van der Waals surface area contributed by atoms with Gasteiger partial charge in [-0.05, 0) is 24.1 Å². The van der Waals surface area contributed by atoms with Crippen LogP contribution in [-0.2, 0) is 4.79 Å². The summed E-state index contributed by atoms with van der Waals surface area (Å²) >= 11 is 0. The fourth-order valence-corrected chi connectivity index (χ4v) is 3.29. The van der Waals surface area contributed by atoms with Gasteiger partial charge in [-0.2, -0.15) is 0 Å². The number of carbonyl (C=O) groups is 1. The van der Waals surface area contributed by atoms with Gasteiger partial charge >= 0.3 is 0 Å². The number of rotatable bonds is 7. The lowest BCUT2D eigenvalue weighted by molar-refractivity contribution is -0.116. The molecule has 1 N–H and O–H groups in total. The van der Waals surface area contributed by atoms with Gasteiger partial charge in [0.25, 0.3) is 0 Å². The first kappa shape index (κ1) is 18.1. The molecule has 0 bridgehead atoms. The summed E-state index contributed by atoms with van der Waals surface area (Å²) in [6.45, 7) is 2.81. The van der Waals surface area contributed by atoms with E-state index in [-0.39, 0.29) is 11.8 Å². The van der Waals surface area contributed by atoms with Gasteiger partial charge in [-0.1, -0.05) is 31.5 Å². The van der Waals surface area contributed by atoms with E-state index in [2.05, 4.69) is 12.2 Å². The topological polar surface area (TPSA) is 56.8 Å². The van der Waals surface area contributed by atoms with Crippen LogP contribution in [0, 0.1) is 0 Å². The predicted molar refractivity (Wildman–Crippen MR) is 101 cm³/mol. The number of nitrogens with one attached hydrogen (secondary N) is 1. The van der Waals surface area contributed by atoms with Crippen molar-refractivity contribution in [1.82, 2.24) is 0 Å². The zero-order valence-corrected chi connectivity index (χ0v) is 15.5. The first-order valence-corrected chi connectivity index (χ1v) is 8.95. The molecule has 1 aliphatic heterocycles. The van der Waals surface area contributed by atoms with Crippen molar-refractivity contribution in [3.63, 3.8) is 0 Å². The number of unbranched alkanes of at least 4 members (excludes halogenated alkanes) is 1. The van der Waals surface area contributed by atoms with Crippen molar-refractivity contribution in [3.05, 3.63) is 47.5 Å². The number of carbonyl (C=O) groups excluding carboxylic acids is 1. The minimum atomic E-state index is -0.0867. The number of hydrogen-bond acceptors (Lipinski definition) is 4. The third kappa shape index (κ3) is 3.62. The number of fused-ring (bicyclic) bond motifs is 1. The predicted octanol–water partition coefficient (Wildman–Crippen LogP) is 4.36. The highest BCUT2D eigenvalue weighted by atomic mass is 16.5. The summed E-state index contributed by atoms with van der Waals surface area (Å²) in [6.07, 6.45) is 2.45. The molecule has 3 rings (SSSR count). The Morgan fingerprint density at radius 1 is 1.04 bits per heavy atom. The van der Waals surface area contributed by atoms with Gasteiger partial charge in [0, 0.05) is 29.7 Å². The number of hydrogen-bond donors (Lipinski definition) is 1. The molecule has 138 valence electrons. The highest BCUT2D eigenvalue weighted by molar-refractivity contribution is 5.96. The molecule has 0 aromatic heterocycles. The Balaban J connectivity index is 2.04. The fourth-order valence-electron chi connectivity index (χ4n) is 3.29. The third-order valence-electron chi connectivity index (χ3n) is 4.64. The van der Waals surface area contributed by atoms with E-state index in [0.717, 1.165) is 35.4 Å². The van der Waals surface area contributed by atoms with Crippen molar-refractivity contribution in [2.45, 2.75) is 32.1 Å². The van der Waals surface area contributed by atoms with E-state index in [1.807, 2.05) is 36.4 Å².